The van der Waals surface area contributed by atoms with E-state index in [0.29, 0.717) is 16.9 Å². The van der Waals surface area contributed by atoms with Crippen molar-refractivity contribution in [3.63, 3.8) is 0 Å². The SMILES string of the molecule is CC(NC1CC(C)(C)CC(C)(C)C1)c1ccc(F)cc1O. The van der Waals surface area contributed by atoms with Gasteiger partial charge in [0.25, 0.3) is 0 Å². The van der Waals surface area contributed by atoms with Gasteiger partial charge in [-0.15, -0.1) is 0 Å². The molecule has 0 spiro atoms. The molecule has 0 aliphatic heterocycles. The van der Waals surface area contributed by atoms with Gasteiger partial charge in [-0.05, 0) is 43.1 Å². The van der Waals surface area contributed by atoms with Gasteiger partial charge in [0, 0.05) is 23.7 Å². The number of hydrogen-bond donors (Lipinski definition) is 2. The minimum absolute atomic E-state index is 0.0142. The van der Waals surface area contributed by atoms with E-state index in [-0.39, 0.29) is 11.8 Å². The maximum Gasteiger partial charge on any atom is 0.126 e. The molecule has 1 aliphatic rings. The summed E-state index contributed by atoms with van der Waals surface area (Å²) in [7, 11) is 0. The van der Waals surface area contributed by atoms with E-state index < -0.39 is 5.82 Å². The van der Waals surface area contributed by atoms with Gasteiger partial charge >= 0.3 is 0 Å². The molecule has 0 amide bonds. The smallest absolute Gasteiger partial charge is 0.126 e. The zero-order valence-electron chi connectivity index (χ0n) is 13.8. The molecule has 0 heterocycles. The fourth-order valence-electron chi connectivity index (χ4n) is 4.29. The van der Waals surface area contributed by atoms with Crippen molar-refractivity contribution in [2.75, 3.05) is 0 Å². The molecule has 2 N–H and O–H groups in total. The molecule has 1 aromatic rings. The third-order valence-electron chi connectivity index (χ3n) is 4.50. The third-order valence-corrected chi connectivity index (χ3v) is 4.50. The molecule has 1 atom stereocenters. The Hall–Kier alpha value is -1.09. The van der Waals surface area contributed by atoms with Crippen LogP contribution in [0.4, 0.5) is 4.39 Å². The monoisotopic (exact) mass is 293 g/mol. The van der Waals surface area contributed by atoms with Crippen molar-refractivity contribution >= 4 is 0 Å². The molecule has 0 radical (unpaired) electrons. The van der Waals surface area contributed by atoms with Crippen LogP contribution < -0.4 is 5.32 Å². The molecule has 2 rings (SSSR count). The topological polar surface area (TPSA) is 32.3 Å². The summed E-state index contributed by atoms with van der Waals surface area (Å²) in [4.78, 5) is 0. The summed E-state index contributed by atoms with van der Waals surface area (Å²) in [5.74, 6) is -0.368. The molecular weight excluding hydrogens is 265 g/mol. The Kier molecular flexibility index (Phi) is 4.34. The Balaban J connectivity index is 2.10. The van der Waals surface area contributed by atoms with Gasteiger partial charge in [0.05, 0.1) is 0 Å². The molecule has 1 fully saturated rings. The van der Waals surface area contributed by atoms with Gasteiger partial charge in [-0.1, -0.05) is 33.8 Å². The molecule has 1 aliphatic carbocycles. The molecule has 0 saturated heterocycles. The molecular formula is C18H28FNO. The number of phenols is 1. The van der Waals surface area contributed by atoms with Crippen molar-refractivity contribution in [2.24, 2.45) is 10.8 Å². The molecule has 1 saturated carbocycles. The van der Waals surface area contributed by atoms with Gasteiger partial charge in [-0.3, -0.25) is 0 Å². The number of halogens is 1. The highest BCUT2D eigenvalue weighted by atomic mass is 19.1. The summed E-state index contributed by atoms with van der Waals surface area (Å²) in [5.41, 5.74) is 1.41. The lowest BCUT2D eigenvalue weighted by Crippen LogP contribution is -2.44. The van der Waals surface area contributed by atoms with Crippen molar-refractivity contribution in [2.45, 2.75) is 66.0 Å². The number of phenolic OH excluding ortho intramolecular Hbond substituents is 1. The molecule has 21 heavy (non-hydrogen) atoms. The van der Waals surface area contributed by atoms with Crippen LogP contribution in [0.5, 0.6) is 5.75 Å². The first kappa shape index (κ1) is 16.3. The fourth-order valence-corrected chi connectivity index (χ4v) is 4.29. The predicted molar refractivity (Wildman–Crippen MR) is 84.8 cm³/mol. The Morgan fingerprint density at radius 3 is 2.29 bits per heavy atom. The first-order valence-electron chi connectivity index (χ1n) is 7.82. The first-order valence-corrected chi connectivity index (χ1v) is 7.82. The van der Waals surface area contributed by atoms with Crippen LogP contribution in [0.3, 0.4) is 0 Å². The minimum Gasteiger partial charge on any atom is -0.508 e. The van der Waals surface area contributed by atoms with E-state index in [0.717, 1.165) is 18.4 Å². The van der Waals surface area contributed by atoms with E-state index in [4.69, 9.17) is 0 Å². The molecule has 3 heteroatoms. The number of aromatic hydroxyl groups is 1. The number of rotatable bonds is 3. The maximum absolute atomic E-state index is 13.1. The molecule has 1 unspecified atom stereocenters. The molecule has 1 aromatic carbocycles. The van der Waals surface area contributed by atoms with E-state index in [1.807, 2.05) is 6.92 Å². The normalized spacial score (nSPS) is 23.0. The summed E-state index contributed by atoms with van der Waals surface area (Å²) in [6, 6.07) is 4.69. The third kappa shape index (κ3) is 4.19. The van der Waals surface area contributed by atoms with E-state index in [1.54, 1.807) is 6.07 Å². The van der Waals surface area contributed by atoms with Gasteiger partial charge in [-0.2, -0.15) is 0 Å². The van der Waals surface area contributed by atoms with E-state index in [1.165, 1.54) is 18.6 Å². The van der Waals surface area contributed by atoms with Crippen LogP contribution >= 0.6 is 0 Å². The van der Waals surface area contributed by atoms with Crippen molar-refractivity contribution < 1.29 is 9.50 Å². The van der Waals surface area contributed by atoms with E-state index in [9.17, 15) is 9.50 Å². The average molecular weight is 293 g/mol. The molecule has 118 valence electrons. The van der Waals surface area contributed by atoms with Crippen molar-refractivity contribution in [1.29, 1.82) is 0 Å². The van der Waals surface area contributed by atoms with Crippen LogP contribution in [0, 0.1) is 16.6 Å². The zero-order chi connectivity index (χ0) is 15.8. The first-order chi connectivity index (χ1) is 9.58. The summed E-state index contributed by atoms with van der Waals surface area (Å²) in [5, 5.41) is 13.5. The van der Waals surface area contributed by atoms with Gasteiger partial charge < -0.3 is 10.4 Å². The summed E-state index contributed by atoms with van der Waals surface area (Å²) in [6.45, 7) is 11.3. The highest BCUT2D eigenvalue weighted by Gasteiger charge is 2.38. The Bertz CT molecular complexity index is 494. The van der Waals surface area contributed by atoms with Gasteiger partial charge in [0.2, 0.25) is 0 Å². The Labute approximate surface area is 127 Å². The number of nitrogens with one attached hydrogen (secondary N) is 1. The van der Waals surface area contributed by atoms with Crippen LogP contribution in [0.2, 0.25) is 0 Å². The molecule has 0 bridgehead atoms. The van der Waals surface area contributed by atoms with E-state index in [2.05, 4.69) is 33.0 Å². The highest BCUT2D eigenvalue weighted by Crippen LogP contribution is 2.46. The summed E-state index contributed by atoms with van der Waals surface area (Å²) >= 11 is 0. The number of benzene rings is 1. The second-order valence-corrected chi connectivity index (χ2v) is 8.20. The molecule has 0 aromatic heterocycles. The fraction of sp³-hybridized carbons (Fsp3) is 0.667. The highest BCUT2D eigenvalue weighted by molar-refractivity contribution is 5.35. The Morgan fingerprint density at radius 2 is 1.76 bits per heavy atom. The average Bonchev–Trinajstić information content (AvgIpc) is 2.23. The van der Waals surface area contributed by atoms with Crippen molar-refractivity contribution in [3.05, 3.63) is 29.6 Å². The van der Waals surface area contributed by atoms with Gasteiger partial charge in [0.15, 0.2) is 0 Å². The second-order valence-electron chi connectivity index (χ2n) is 8.20. The van der Waals surface area contributed by atoms with Crippen LogP contribution in [0.15, 0.2) is 18.2 Å². The largest absolute Gasteiger partial charge is 0.508 e. The van der Waals surface area contributed by atoms with Crippen LogP contribution in [-0.2, 0) is 0 Å². The van der Waals surface area contributed by atoms with Crippen LogP contribution in [-0.4, -0.2) is 11.1 Å². The quantitative estimate of drug-likeness (QED) is 0.840. The summed E-state index contributed by atoms with van der Waals surface area (Å²) < 4.78 is 13.1. The lowest BCUT2D eigenvalue weighted by atomic mass is 9.63. The van der Waals surface area contributed by atoms with Crippen molar-refractivity contribution in [3.8, 4) is 5.75 Å². The van der Waals surface area contributed by atoms with E-state index >= 15 is 0 Å². The van der Waals surface area contributed by atoms with Crippen LogP contribution in [0.25, 0.3) is 0 Å². The summed E-state index contributed by atoms with van der Waals surface area (Å²) in [6.07, 6.45) is 3.49. The lowest BCUT2D eigenvalue weighted by Gasteiger charge is -2.46. The van der Waals surface area contributed by atoms with Crippen molar-refractivity contribution in [1.82, 2.24) is 5.32 Å². The van der Waals surface area contributed by atoms with Gasteiger partial charge in [0.1, 0.15) is 11.6 Å². The molecule has 2 nitrogen and oxygen atoms in total. The standard InChI is InChI=1S/C18H28FNO/c1-12(15-7-6-13(19)8-16(15)21)20-14-9-17(2,3)11-18(4,5)10-14/h6-8,12,14,20-21H,9-11H2,1-5H3. The predicted octanol–water partition coefficient (Wildman–Crippen LogP) is 4.79. The Morgan fingerprint density at radius 1 is 1.19 bits per heavy atom. The van der Waals surface area contributed by atoms with Gasteiger partial charge in [-0.25, -0.2) is 4.39 Å². The lowest BCUT2D eigenvalue weighted by molar-refractivity contribution is 0.0810. The zero-order valence-corrected chi connectivity index (χ0v) is 13.8. The second kappa shape index (κ2) is 5.60. The van der Waals surface area contributed by atoms with Crippen LogP contribution in [0.1, 0.15) is 65.5 Å². The minimum atomic E-state index is -0.400. The number of hydrogen-bond acceptors (Lipinski definition) is 2. The maximum atomic E-state index is 13.1.